The number of nitrogens with zero attached hydrogens (tertiary/aromatic N) is 4. The number of amides is 1. The summed E-state index contributed by atoms with van der Waals surface area (Å²) in [5.41, 5.74) is 0.314. The summed E-state index contributed by atoms with van der Waals surface area (Å²) in [4.78, 5) is 27.4. The van der Waals surface area contributed by atoms with Crippen molar-refractivity contribution in [1.82, 2.24) is 19.9 Å². The molecule has 0 radical (unpaired) electrons. The molecule has 6 heteroatoms. The molecule has 3 atom stereocenters. The summed E-state index contributed by atoms with van der Waals surface area (Å²) >= 11 is 0. The molecule has 1 aromatic carbocycles. The summed E-state index contributed by atoms with van der Waals surface area (Å²) in [6, 6.07) is 7.68. The third-order valence-electron chi connectivity index (χ3n) is 5.55. The van der Waals surface area contributed by atoms with E-state index in [-0.39, 0.29) is 24.1 Å². The summed E-state index contributed by atoms with van der Waals surface area (Å²) in [7, 11) is 0. The van der Waals surface area contributed by atoms with Crippen molar-refractivity contribution in [2.24, 2.45) is 5.92 Å². The molecular formula is C18H22N4O2. The Hall–Kier alpha value is -2.24. The van der Waals surface area contributed by atoms with Crippen LogP contribution in [0.3, 0.4) is 0 Å². The van der Waals surface area contributed by atoms with Gasteiger partial charge in [0.2, 0.25) is 5.91 Å². The first-order chi connectivity index (χ1) is 11.6. The van der Waals surface area contributed by atoms with Crippen molar-refractivity contribution in [2.45, 2.75) is 57.7 Å². The molecule has 126 valence electrons. The van der Waals surface area contributed by atoms with Crippen LogP contribution in [0.15, 0.2) is 29.1 Å². The number of aromatic nitrogens is 3. The lowest BCUT2D eigenvalue weighted by Gasteiger charge is -2.33. The van der Waals surface area contributed by atoms with Crippen LogP contribution in [-0.4, -0.2) is 37.9 Å². The van der Waals surface area contributed by atoms with E-state index in [2.05, 4.69) is 17.2 Å². The van der Waals surface area contributed by atoms with Crippen LogP contribution in [0.2, 0.25) is 0 Å². The third-order valence-corrected chi connectivity index (χ3v) is 5.55. The van der Waals surface area contributed by atoms with Crippen molar-refractivity contribution >= 4 is 16.8 Å². The molecule has 1 saturated heterocycles. The van der Waals surface area contributed by atoms with E-state index < -0.39 is 0 Å². The first-order valence-corrected chi connectivity index (χ1v) is 8.79. The second-order valence-corrected chi connectivity index (χ2v) is 7.07. The molecule has 1 aromatic heterocycles. The zero-order valence-electron chi connectivity index (χ0n) is 13.9. The fourth-order valence-electron chi connectivity index (χ4n) is 4.48. The Morgan fingerprint density at radius 2 is 2.04 bits per heavy atom. The number of hydrogen-bond acceptors (Lipinski definition) is 4. The molecule has 1 saturated carbocycles. The lowest BCUT2D eigenvalue weighted by Crippen LogP contribution is -2.45. The summed E-state index contributed by atoms with van der Waals surface area (Å²) in [5, 5.41) is 8.52. The molecule has 0 N–H and O–H groups in total. The van der Waals surface area contributed by atoms with Crippen LogP contribution >= 0.6 is 0 Å². The lowest BCUT2D eigenvalue weighted by molar-refractivity contribution is -0.135. The summed E-state index contributed by atoms with van der Waals surface area (Å²) in [6.07, 6.45) is 5.83. The Morgan fingerprint density at radius 3 is 2.92 bits per heavy atom. The average Bonchev–Trinajstić information content (AvgIpc) is 2.93. The van der Waals surface area contributed by atoms with Crippen LogP contribution in [0.5, 0.6) is 0 Å². The summed E-state index contributed by atoms with van der Waals surface area (Å²) in [5.74, 6) is 0.612. The van der Waals surface area contributed by atoms with Gasteiger partial charge in [-0.1, -0.05) is 30.2 Å². The number of benzene rings is 1. The highest BCUT2D eigenvalue weighted by Gasteiger charge is 2.42. The van der Waals surface area contributed by atoms with Gasteiger partial charge in [0, 0.05) is 12.1 Å². The van der Waals surface area contributed by atoms with Crippen molar-refractivity contribution in [3.8, 4) is 0 Å². The van der Waals surface area contributed by atoms with Crippen molar-refractivity contribution in [1.29, 1.82) is 0 Å². The summed E-state index contributed by atoms with van der Waals surface area (Å²) < 4.78 is 1.20. The minimum Gasteiger partial charge on any atom is -0.335 e. The van der Waals surface area contributed by atoms with Gasteiger partial charge in [0.25, 0.3) is 5.56 Å². The monoisotopic (exact) mass is 326 g/mol. The fraction of sp³-hybridized carbons (Fsp3) is 0.556. The molecule has 2 aliphatic rings. The molecule has 2 heterocycles. The quantitative estimate of drug-likeness (QED) is 0.846. The van der Waals surface area contributed by atoms with E-state index in [0.29, 0.717) is 22.9 Å². The number of fused-ring (bicyclic) bond motifs is 2. The van der Waals surface area contributed by atoms with E-state index in [0.717, 1.165) is 12.8 Å². The number of rotatable bonds is 2. The van der Waals surface area contributed by atoms with E-state index in [1.54, 1.807) is 18.2 Å². The van der Waals surface area contributed by atoms with E-state index in [9.17, 15) is 9.59 Å². The van der Waals surface area contributed by atoms with Crippen LogP contribution in [0.25, 0.3) is 10.9 Å². The maximum Gasteiger partial charge on any atom is 0.278 e. The van der Waals surface area contributed by atoms with Gasteiger partial charge < -0.3 is 4.90 Å². The van der Waals surface area contributed by atoms with Gasteiger partial charge in [0.15, 0.2) is 0 Å². The summed E-state index contributed by atoms with van der Waals surface area (Å²) in [6.45, 7) is 2.09. The van der Waals surface area contributed by atoms with Crippen molar-refractivity contribution < 1.29 is 4.79 Å². The topological polar surface area (TPSA) is 68.1 Å². The maximum absolute atomic E-state index is 12.9. The van der Waals surface area contributed by atoms with Crippen LogP contribution in [0, 0.1) is 5.92 Å². The first-order valence-electron chi connectivity index (χ1n) is 8.79. The number of carbonyl (C=O) groups is 1. The maximum atomic E-state index is 12.9. The normalized spacial score (nSPS) is 26.5. The minimum atomic E-state index is -0.249. The highest BCUT2D eigenvalue weighted by Crippen LogP contribution is 2.39. The standard InChI is InChI=1S/C18H22N4O2/c1-12-10-13-6-2-5-9-16(13)22(12)17(23)11-21-18(24)14-7-3-4-8-15(14)19-20-21/h3-4,7-8,12-13,16H,2,5-6,9-11H2,1H3/t12-,13-,16-/m1/s1. The second kappa shape index (κ2) is 6.00. The van der Waals surface area contributed by atoms with Crippen LogP contribution in [-0.2, 0) is 11.3 Å². The fourth-order valence-corrected chi connectivity index (χ4v) is 4.48. The molecule has 4 rings (SSSR count). The Bertz CT molecular complexity index is 831. The molecular weight excluding hydrogens is 304 g/mol. The SMILES string of the molecule is C[C@@H]1C[C@H]2CCCC[C@H]2N1C(=O)Cn1nnc2ccccc2c1=O. The zero-order valence-corrected chi connectivity index (χ0v) is 13.9. The van der Waals surface area contributed by atoms with E-state index in [4.69, 9.17) is 0 Å². The first kappa shape index (κ1) is 15.3. The van der Waals surface area contributed by atoms with Crippen molar-refractivity contribution in [2.75, 3.05) is 0 Å². The Kier molecular flexibility index (Phi) is 3.82. The van der Waals surface area contributed by atoms with Crippen LogP contribution in [0.4, 0.5) is 0 Å². The molecule has 24 heavy (non-hydrogen) atoms. The van der Waals surface area contributed by atoms with Crippen LogP contribution < -0.4 is 5.56 Å². The van der Waals surface area contributed by atoms with Gasteiger partial charge in [-0.15, -0.1) is 5.10 Å². The highest BCUT2D eigenvalue weighted by atomic mass is 16.2. The van der Waals surface area contributed by atoms with Gasteiger partial charge in [-0.3, -0.25) is 9.59 Å². The number of carbonyl (C=O) groups excluding carboxylic acids is 1. The zero-order chi connectivity index (χ0) is 16.7. The van der Waals surface area contributed by atoms with Gasteiger partial charge in [-0.2, -0.15) is 0 Å². The molecule has 2 aromatic rings. The molecule has 0 bridgehead atoms. The smallest absolute Gasteiger partial charge is 0.278 e. The Labute approximate surface area is 140 Å². The predicted molar refractivity (Wildman–Crippen MR) is 90.5 cm³/mol. The largest absolute Gasteiger partial charge is 0.335 e. The van der Waals surface area contributed by atoms with Gasteiger partial charge in [-0.25, -0.2) is 4.68 Å². The molecule has 0 spiro atoms. The number of hydrogen-bond donors (Lipinski definition) is 0. The van der Waals surface area contributed by atoms with Crippen molar-refractivity contribution in [3.63, 3.8) is 0 Å². The molecule has 1 aliphatic carbocycles. The lowest BCUT2D eigenvalue weighted by atomic mass is 9.85. The van der Waals surface area contributed by atoms with Gasteiger partial charge in [0.05, 0.1) is 5.39 Å². The van der Waals surface area contributed by atoms with Gasteiger partial charge >= 0.3 is 0 Å². The minimum absolute atomic E-state index is 0.0106. The average molecular weight is 326 g/mol. The Morgan fingerprint density at radius 1 is 1.25 bits per heavy atom. The van der Waals surface area contributed by atoms with Crippen LogP contribution in [0.1, 0.15) is 39.0 Å². The third kappa shape index (κ3) is 2.50. The number of likely N-dealkylation sites (tertiary alicyclic amines) is 1. The van der Waals surface area contributed by atoms with E-state index in [1.807, 2.05) is 11.0 Å². The molecule has 6 nitrogen and oxygen atoms in total. The van der Waals surface area contributed by atoms with E-state index >= 15 is 0 Å². The van der Waals surface area contributed by atoms with Crippen molar-refractivity contribution in [3.05, 3.63) is 34.6 Å². The molecule has 0 unspecified atom stereocenters. The predicted octanol–water partition coefficient (Wildman–Crippen LogP) is 1.97. The van der Waals surface area contributed by atoms with E-state index in [1.165, 1.54) is 23.9 Å². The molecule has 1 aliphatic heterocycles. The highest BCUT2D eigenvalue weighted by molar-refractivity contribution is 5.79. The van der Waals surface area contributed by atoms with Gasteiger partial charge in [0.1, 0.15) is 12.1 Å². The van der Waals surface area contributed by atoms with Gasteiger partial charge in [-0.05, 0) is 44.2 Å². The Balaban J connectivity index is 1.60. The molecule has 2 fully saturated rings. The second-order valence-electron chi connectivity index (χ2n) is 7.07. The molecule has 1 amide bonds.